The second-order valence-electron chi connectivity index (χ2n) is 4.29. The predicted molar refractivity (Wildman–Crippen MR) is 67.4 cm³/mol. The summed E-state index contributed by atoms with van der Waals surface area (Å²) >= 11 is 1.42. The van der Waals surface area contributed by atoms with Crippen molar-refractivity contribution in [2.75, 3.05) is 19.6 Å². The molecule has 4 amide bonds. The number of rotatable bonds is 3. The van der Waals surface area contributed by atoms with Gasteiger partial charge in [-0.25, -0.2) is 14.5 Å². The molecule has 98 valence electrons. The van der Waals surface area contributed by atoms with E-state index in [4.69, 9.17) is 0 Å². The van der Waals surface area contributed by atoms with Crippen LogP contribution in [0.2, 0.25) is 0 Å². The molecule has 1 aliphatic rings. The van der Waals surface area contributed by atoms with E-state index in [0.29, 0.717) is 13.1 Å². The lowest BCUT2D eigenvalue weighted by Gasteiger charge is -2.23. The minimum Gasteiger partial charge on any atom is -0.383 e. The highest BCUT2D eigenvalue weighted by molar-refractivity contribution is 7.10. The van der Waals surface area contributed by atoms with Crippen LogP contribution in [0.15, 0.2) is 17.5 Å². The Morgan fingerprint density at radius 1 is 1.72 bits per heavy atom. The summed E-state index contributed by atoms with van der Waals surface area (Å²) in [7, 11) is 0. The standard InChI is InChI=1S/C11H15N3O3S/c1-11(17,8-3-2-6-18-8)7-13-10(16)14-5-4-12-9(14)15/h2-3,6,17H,4-5,7H2,1H3,(H,12,15)(H,13,16)/t11-/m1/s1. The Morgan fingerprint density at radius 3 is 3.06 bits per heavy atom. The first-order chi connectivity index (χ1) is 8.50. The van der Waals surface area contributed by atoms with Crippen molar-refractivity contribution in [1.82, 2.24) is 15.5 Å². The quantitative estimate of drug-likeness (QED) is 0.755. The molecule has 1 saturated heterocycles. The van der Waals surface area contributed by atoms with Gasteiger partial charge >= 0.3 is 12.1 Å². The second-order valence-corrected chi connectivity index (χ2v) is 5.24. The molecular formula is C11H15N3O3S. The smallest absolute Gasteiger partial charge is 0.325 e. The first kappa shape index (κ1) is 12.8. The van der Waals surface area contributed by atoms with Gasteiger partial charge in [-0.3, -0.25) is 0 Å². The van der Waals surface area contributed by atoms with Crippen LogP contribution in [0.1, 0.15) is 11.8 Å². The minimum atomic E-state index is -1.12. The number of urea groups is 2. The minimum absolute atomic E-state index is 0.0656. The lowest BCUT2D eigenvalue weighted by molar-refractivity contribution is 0.0619. The fourth-order valence-electron chi connectivity index (χ4n) is 1.68. The maximum Gasteiger partial charge on any atom is 0.325 e. The lowest BCUT2D eigenvalue weighted by Crippen LogP contribution is -2.46. The van der Waals surface area contributed by atoms with E-state index in [-0.39, 0.29) is 6.54 Å². The van der Waals surface area contributed by atoms with Crippen molar-refractivity contribution in [3.8, 4) is 0 Å². The largest absolute Gasteiger partial charge is 0.383 e. The van der Waals surface area contributed by atoms with Gasteiger partial charge in [-0.1, -0.05) is 6.07 Å². The maximum atomic E-state index is 11.7. The van der Waals surface area contributed by atoms with E-state index in [9.17, 15) is 14.7 Å². The third-order valence-corrected chi connectivity index (χ3v) is 3.86. The van der Waals surface area contributed by atoms with Crippen molar-refractivity contribution in [3.63, 3.8) is 0 Å². The molecule has 3 N–H and O–H groups in total. The third-order valence-electron chi connectivity index (χ3n) is 2.74. The molecule has 0 aromatic carbocycles. The van der Waals surface area contributed by atoms with Crippen LogP contribution in [-0.2, 0) is 5.60 Å². The van der Waals surface area contributed by atoms with Gasteiger partial charge in [0.1, 0.15) is 5.60 Å². The van der Waals surface area contributed by atoms with Gasteiger partial charge < -0.3 is 15.7 Å². The van der Waals surface area contributed by atoms with Crippen molar-refractivity contribution < 1.29 is 14.7 Å². The van der Waals surface area contributed by atoms with Crippen LogP contribution in [-0.4, -0.2) is 41.7 Å². The van der Waals surface area contributed by atoms with Gasteiger partial charge in [-0.2, -0.15) is 0 Å². The van der Waals surface area contributed by atoms with E-state index >= 15 is 0 Å². The average Bonchev–Trinajstić information content (AvgIpc) is 2.96. The predicted octanol–water partition coefficient (Wildman–Crippen LogP) is 0.690. The molecule has 0 spiro atoms. The van der Waals surface area contributed by atoms with Crippen molar-refractivity contribution in [1.29, 1.82) is 0 Å². The molecular weight excluding hydrogens is 254 g/mol. The highest BCUT2D eigenvalue weighted by atomic mass is 32.1. The van der Waals surface area contributed by atoms with E-state index in [0.717, 1.165) is 9.78 Å². The zero-order chi connectivity index (χ0) is 13.2. The molecule has 6 nitrogen and oxygen atoms in total. The molecule has 0 saturated carbocycles. The Morgan fingerprint density at radius 2 is 2.50 bits per heavy atom. The van der Waals surface area contributed by atoms with Gasteiger partial charge in [0.05, 0.1) is 6.54 Å². The van der Waals surface area contributed by atoms with Gasteiger partial charge in [-0.05, 0) is 18.4 Å². The van der Waals surface area contributed by atoms with Crippen molar-refractivity contribution in [3.05, 3.63) is 22.4 Å². The van der Waals surface area contributed by atoms with Crippen molar-refractivity contribution in [2.45, 2.75) is 12.5 Å². The second kappa shape index (κ2) is 4.95. The van der Waals surface area contributed by atoms with Gasteiger partial charge in [0.2, 0.25) is 0 Å². The Kier molecular flexibility index (Phi) is 3.53. The van der Waals surface area contributed by atoms with Crippen LogP contribution < -0.4 is 10.6 Å². The summed E-state index contributed by atoms with van der Waals surface area (Å²) in [6, 6.07) is 2.76. The number of thiophene rings is 1. The number of aliphatic hydroxyl groups is 1. The number of hydrogen-bond acceptors (Lipinski definition) is 4. The zero-order valence-electron chi connectivity index (χ0n) is 9.97. The van der Waals surface area contributed by atoms with E-state index in [2.05, 4.69) is 10.6 Å². The number of imide groups is 1. The van der Waals surface area contributed by atoms with E-state index < -0.39 is 17.7 Å². The normalized spacial score (nSPS) is 18.3. The third kappa shape index (κ3) is 2.62. The highest BCUT2D eigenvalue weighted by Crippen LogP contribution is 2.24. The topological polar surface area (TPSA) is 81.7 Å². The zero-order valence-corrected chi connectivity index (χ0v) is 10.8. The Hall–Kier alpha value is -1.60. The van der Waals surface area contributed by atoms with Gasteiger partial charge in [0.15, 0.2) is 0 Å². The molecule has 0 bridgehead atoms. The van der Waals surface area contributed by atoms with E-state index in [1.54, 1.807) is 13.0 Å². The molecule has 1 atom stereocenters. The lowest BCUT2D eigenvalue weighted by atomic mass is 10.1. The number of nitrogens with one attached hydrogen (secondary N) is 2. The number of carbonyl (C=O) groups excluding carboxylic acids is 2. The molecule has 0 aliphatic carbocycles. The van der Waals surface area contributed by atoms with E-state index in [1.165, 1.54) is 11.3 Å². The number of amides is 4. The molecule has 2 rings (SSSR count). The van der Waals surface area contributed by atoms with E-state index in [1.807, 2.05) is 11.4 Å². The molecule has 18 heavy (non-hydrogen) atoms. The summed E-state index contributed by atoms with van der Waals surface area (Å²) < 4.78 is 0. The molecule has 7 heteroatoms. The van der Waals surface area contributed by atoms with Crippen LogP contribution in [0.5, 0.6) is 0 Å². The number of hydrogen-bond donors (Lipinski definition) is 3. The number of carbonyl (C=O) groups is 2. The van der Waals surface area contributed by atoms with Crippen LogP contribution in [0.25, 0.3) is 0 Å². The fourth-order valence-corrected chi connectivity index (χ4v) is 2.47. The molecule has 1 fully saturated rings. The molecule has 1 aliphatic heterocycles. The molecule has 0 unspecified atom stereocenters. The van der Waals surface area contributed by atoms with Crippen LogP contribution in [0.3, 0.4) is 0 Å². The summed E-state index contributed by atoms with van der Waals surface area (Å²) in [4.78, 5) is 24.8. The Labute approximate surface area is 109 Å². The SMILES string of the molecule is C[C@@](O)(CNC(=O)N1CCNC1=O)c1cccs1. The van der Waals surface area contributed by atoms with Crippen LogP contribution >= 0.6 is 11.3 Å². The fraction of sp³-hybridized carbons (Fsp3) is 0.455. The van der Waals surface area contributed by atoms with Crippen LogP contribution in [0, 0.1) is 0 Å². The van der Waals surface area contributed by atoms with Crippen LogP contribution in [0.4, 0.5) is 9.59 Å². The Bertz CT molecular complexity index is 444. The maximum absolute atomic E-state index is 11.7. The van der Waals surface area contributed by atoms with Gasteiger partial charge in [0.25, 0.3) is 0 Å². The summed E-state index contributed by atoms with van der Waals surface area (Å²) in [6.45, 7) is 2.51. The molecule has 0 radical (unpaired) electrons. The first-order valence-electron chi connectivity index (χ1n) is 5.60. The van der Waals surface area contributed by atoms with Gasteiger partial charge in [0, 0.05) is 18.0 Å². The van der Waals surface area contributed by atoms with Gasteiger partial charge in [-0.15, -0.1) is 11.3 Å². The molecule has 2 heterocycles. The van der Waals surface area contributed by atoms with Crippen molar-refractivity contribution in [2.24, 2.45) is 0 Å². The highest BCUT2D eigenvalue weighted by Gasteiger charge is 2.29. The monoisotopic (exact) mass is 269 g/mol. The average molecular weight is 269 g/mol. The summed E-state index contributed by atoms with van der Waals surface area (Å²) in [5.74, 6) is 0. The Balaban J connectivity index is 1.91. The van der Waals surface area contributed by atoms with Crippen molar-refractivity contribution >= 4 is 23.4 Å². The summed E-state index contributed by atoms with van der Waals surface area (Å²) in [5, 5.41) is 17.2. The molecule has 1 aromatic rings. The first-order valence-corrected chi connectivity index (χ1v) is 6.48. The number of nitrogens with zero attached hydrogens (tertiary/aromatic N) is 1. The summed E-state index contributed by atoms with van der Waals surface area (Å²) in [6.07, 6.45) is 0. The molecule has 1 aromatic heterocycles. The summed E-state index contributed by atoms with van der Waals surface area (Å²) in [5.41, 5.74) is -1.12.